The van der Waals surface area contributed by atoms with Gasteiger partial charge in [0.05, 0.1) is 17.8 Å². The van der Waals surface area contributed by atoms with Crippen LogP contribution in [0.5, 0.6) is 0 Å². The highest BCUT2D eigenvalue weighted by atomic mass is 32.1. The number of hydrogen-bond donors (Lipinski definition) is 2. The second-order valence-electron chi connectivity index (χ2n) is 10.6. The van der Waals surface area contributed by atoms with E-state index in [0.717, 1.165) is 47.9 Å². The fourth-order valence-corrected chi connectivity index (χ4v) is 5.39. The summed E-state index contributed by atoms with van der Waals surface area (Å²) in [5.74, 6) is -0.0507. The van der Waals surface area contributed by atoms with Gasteiger partial charge in [-0.15, -0.1) is 11.3 Å². The molecule has 3 aromatic rings. The lowest BCUT2D eigenvalue weighted by Gasteiger charge is -2.27. The molecule has 2 aliphatic rings. The predicted octanol–water partition coefficient (Wildman–Crippen LogP) is 6.03. The molecule has 0 radical (unpaired) electrons. The maximum Gasteiger partial charge on any atom is 0.253 e. The van der Waals surface area contributed by atoms with Crippen molar-refractivity contribution < 1.29 is 4.79 Å². The molecule has 2 N–H and O–H groups in total. The Morgan fingerprint density at radius 1 is 1.14 bits per heavy atom. The van der Waals surface area contributed by atoms with Crippen molar-refractivity contribution in [1.82, 2.24) is 14.9 Å². The first-order chi connectivity index (χ1) is 16.8. The van der Waals surface area contributed by atoms with Gasteiger partial charge in [-0.1, -0.05) is 12.1 Å². The smallest absolute Gasteiger partial charge is 0.253 e. The highest BCUT2D eigenvalue weighted by molar-refractivity contribution is 7.14. The number of rotatable bonds is 6. The quantitative estimate of drug-likeness (QED) is 0.444. The third-order valence-electron chi connectivity index (χ3n) is 7.03. The molecule has 1 amide bonds. The van der Waals surface area contributed by atoms with E-state index < -0.39 is 0 Å². The molecule has 2 aromatic heterocycles. The molecule has 0 bridgehead atoms. The van der Waals surface area contributed by atoms with Crippen LogP contribution in [0.3, 0.4) is 0 Å². The lowest BCUT2D eigenvalue weighted by atomic mass is 9.90. The Kier molecular flexibility index (Phi) is 6.45. The fraction of sp³-hybridized carbons (Fsp3) is 0.429. The average molecular weight is 490 g/mol. The SMILES string of the molecule is CN1CCCc2ccc(-c3csc(NC(CNC(=O)c4ccn(C(C)(C)C)c4)=C4CCC4)n3)cc21. The normalized spacial score (nSPS) is 15.4. The number of carbonyl (C=O) groups excluding carboxylic acids is 1. The van der Waals surface area contributed by atoms with Gasteiger partial charge in [0.1, 0.15) is 0 Å². The van der Waals surface area contributed by atoms with E-state index in [9.17, 15) is 4.79 Å². The first-order valence-electron chi connectivity index (χ1n) is 12.5. The largest absolute Gasteiger partial charge is 0.374 e. The number of anilines is 2. The molecule has 0 atom stereocenters. The average Bonchev–Trinajstić information content (AvgIpc) is 3.46. The van der Waals surface area contributed by atoms with Gasteiger partial charge >= 0.3 is 0 Å². The van der Waals surface area contributed by atoms with Gasteiger partial charge < -0.3 is 20.1 Å². The minimum atomic E-state index is -0.0507. The highest BCUT2D eigenvalue weighted by Gasteiger charge is 2.20. The zero-order chi connectivity index (χ0) is 24.6. The molecule has 35 heavy (non-hydrogen) atoms. The van der Waals surface area contributed by atoms with Crippen LogP contribution in [0.15, 0.2) is 53.3 Å². The summed E-state index contributed by atoms with van der Waals surface area (Å²) < 4.78 is 2.07. The van der Waals surface area contributed by atoms with Crippen LogP contribution in [-0.2, 0) is 12.0 Å². The van der Waals surface area contributed by atoms with E-state index in [-0.39, 0.29) is 11.4 Å². The molecular formula is C28H35N5OS. The second-order valence-corrected chi connectivity index (χ2v) is 11.5. The van der Waals surface area contributed by atoms with Crippen LogP contribution >= 0.6 is 11.3 Å². The molecule has 0 unspecified atom stereocenters. The summed E-state index contributed by atoms with van der Waals surface area (Å²) >= 11 is 1.61. The second kappa shape index (κ2) is 9.53. The Hall–Kier alpha value is -3.06. The van der Waals surface area contributed by atoms with Gasteiger partial charge in [-0.05, 0) is 76.1 Å². The van der Waals surface area contributed by atoms with Crippen molar-refractivity contribution in [1.29, 1.82) is 0 Å². The molecule has 1 aromatic carbocycles. The summed E-state index contributed by atoms with van der Waals surface area (Å²) in [7, 11) is 2.17. The van der Waals surface area contributed by atoms with Crippen LogP contribution in [0.4, 0.5) is 10.8 Å². The highest BCUT2D eigenvalue weighted by Crippen LogP contribution is 2.34. The van der Waals surface area contributed by atoms with Gasteiger partial charge in [0.25, 0.3) is 5.91 Å². The summed E-state index contributed by atoms with van der Waals surface area (Å²) in [6, 6.07) is 8.58. The zero-order valence-electron chi connectivity index (χ0n) is 21.1. The summed E-state index contributed by atoms with van der Waals surface area (Å²) in [6.07, 6.45) is 9.60. The molecule has 1 aliphatic carbocycles. The molecule has 7 heteroatoms. The number of aromatic nitrogens is 2. The Morgan fingerprint density at radius 2 is 1.97 bits per heavy atom. The van der Waals surface area contributed by atoms with E-state index in [1.807, 2.05) is 18.5 Å². The fourth-order valence-electron chi connectivity index (χ4n) is 4.64. The molecule has 184 valence electrons. The van der Waals surface area contributed by atoms with Crippen LogP contribution in [-0.4, -0.2) is 35.6 Å². The van der Waals surface area contributed by atoms with Crippen LogP contribution < -0.4 is 15.5 Å². The Bertz CT molecular complexity index is 1260. The molecule has 1 fully saturated rings. The lowest BCUT2D eigenvalue weighted by Crippen LogP contribution is -2.29. The van der Waals surface area contributed by atoms with Crippen LogP contribution in [0.1, 0.15) is 62.4 Å². The minimum absolute atomic E-state index is 0.0465. The molecule has 5 rings (SSSR count). The van der Waals surface area contributed by atoms with Gasteiger partial charge in [0.2, 0.25) is 0 Å². The number of amides is 1. The van der Waals surface area contributed by atoms with Gasteiger partial charge in [-0.3, -0.25) is 4.79 Å². The summed E-state index contributed by atoms with van der Waals surface area (Å²) in [4.78, 5) is 20.0. The summed E-state index contributed by atoms with van der Waals surface area (Å²) in [5.41, 5.74) is 7.97. The molecule has 6 nitrogen and oxygen atoms in total. The number of nitrogens with zero attached hydrogens (tertiary/aromatic N) is 3. The third kappa shape index (κ3) is 5.15. The zero-order valence-corrected chi connectivity index (χ0v) is 22.0. The Balaban J connectivity index is 1.27. The first kappa shape index (κ1) is 23.7. The number of nitrogens with one attached hydrogen (secondary N) is 2. The van der Waals surface area contributed by atoms with Crippen molar-refractivity contribution in [3.63, 3.8) is 0 Å². The van der Waals surface area contributed by atoms with E-state index in [1.54, 1.807) is 11.3 Å². The Labute approximate surface area is 212 Å². The maximum atomic E-state index is 12.8. The van der Waals surface area contributed by atoms with Crippen molar-refractivity contribution in [3.05, 3.63) is 64.4 Å². The van der Waals surface area contributed by atoms with Crippen LogP contribution in [0.2, 0.25) is 0 Å². The number of benzene rings is 1. The van der Waals surface area contributed by atoms with E-state index >= 15 is 0 Å². The summed E-state index contributed by atoms with van der Waals surface area (Å²) in [6.45, 7) is 7.96. The standard InChI is InChI=1S/C28H35N5OS/c1-28(2,3)33-14-12-22(17-33)26(34)29-16-23(19-7-5-8-19)30-27-31-24(18-35-27)21-11-10-20-9-6-13-32(4)25(20)15-21/h10-12,14-15,17-18H,5-9,13,16H2,1-4H3,(H,29,34)(H,30,31). The summed E-state index contributed by atoms with van der Waals surface area (Å²) in [5, 5.41) is 9.63. The van der Waals surface area contributed by atoms with Gasteiger partial charge in [0.15, 0.2) is 5.13 Å². The lowest BCUT2D eigenvalue weighted by molar-refractivity contribution is 0.0957. The van der Waals surface area contributed by atoms with Crippen molar-refractivity contribution >= 4 is 28.1 Å². The number of allylic oxidation sites excluding steroid dienone is 1. The van der Waals surface area contributed by atoms with Crippen molar-refractivity contribution in [2.75, 3.05) is 30.4 Å². The van der Waals surface area contributed by atoms with Crippen LogP contribution in [0.25, 0.3) is 11.3 Å². The van der Waals surface area contributed by atoms with E-state index in [4.69, 9.17) is 4.98 Å². The van der Waals surface area contributed by atoms with E-state index in [2.05, 4.69) is 71.5 Å². The Morgan fingerprint density at radius 3 is 2.69 bits per heavy atom. The van der Waals surface area contributed by atoms with E-state index in [1.165, 1.54) is 29.7 Å². The number of carbonyl (C=O) groups is 1. The van der Waals surface area contributed by atoms with E-state index in [0.29, 0.717) is 12.1 Å². The topological polar surface area (TPSA) is 62.2 Å². The first-order valence-corrected chi connectivity index (χ1v) is 13.4. The van der Waals surface area contributed by atoms with Crippen molar-refractivity contribution in [2.45, 2.75) is 58.4 Å². The number of hydrogen-bond acceptors (Lipinski definition) is 5. The molecular weight excluding hydrogens is 454 g/mol. The number of aryl methyl sites for hydroxylation is 1. The number of thiazole rings is 1. The van der Waals surface area contributed by atoms with Crippen LogP contribution in [0, 0.1) is 0 Å². The van der Waals surface area contributed by atoms with Gasteiger partial charge in [-0.2, -0.15) is 0 Å². The van der Waals surface area contributed by atoms with Gasteiger partial charge in [0, 0.05) is 53.9 Å². The predicted molar refractivity (Wildman–Crippen MR) is 145 cm³/mol. The van der Waals surface area contributed by atoms with Crippen molar-refractivity contribution in [2.24, 2.45) is 0 Å². The number of fused-ring (bicyclic) bond motifs is 1. The monoisotopic (exact) mass is 489 g/mol. The third-order valence-corrected chi connectivity index (χ3v) is 7.79. The molecule has 1 aliphatic heterocycles. The molecule has 1 saturated carbocycles. The minimum Gasteiger partial charge on any atom is -0.374 e. The molecule has 0 saturated heterocycles. The van der Waals surface area contributed by atoms with Crippen molar-refractivity contribution in [3.8, 4) is 11.3 Å². The van der Waals surface area contributed by atoms with Gasteiger partial charge in [-0.25, -0.2) is 4.98 Å². The molecule has 3 heterocycles. The molecule has 0 spiro atoms. The maximum absolute atomic E-state index is 12.8.